The molecule has 0 aliphatic heterocycles. The molecule has 11 heavy (non-hydrogen) atoms. The first-order chi connectivity index (χ1) is 5.27. The van der Waals surface area contributed by atoms with Crippen molar-refractivity contribution >= 4 is 25.6 Å². The van der Waals surface area contributed by atoms with Gasteiger partial charge in [-0.25, -0.2) is 4.79 Å². The molecule has 0 unspecified atom stereocenters. The van der Waals surface area contributed by atoms with Gasteiger partial charge >= 0.3 is 6.03 Å². The first kappa shape index (κ1) is 10.7. The first-order valence-electron chi connectivity index (χ1n) is 3.88. The van der Waals surface area contributed by atoms with E-state index in [1.165, 1.54) is 0 Å². The SMILES string of the molecule is C[SiH2]O[SiH2]CCCNC(N)=O. The third-order valence-electron chi connectivity index (χ3n) is 1.22. The number of nitrogens with one attached hydrogen (secondary N) is 1. The molecule has 0 aliphatic rings. The van der Waals surface area contributed by atoms with Crippen molar-refractivity contribution in [3.8, 4) is 0 Å². The van der Waals surface area contributed by atoms with Gasteiger partial charge in [0.15, 0.2) is 0 Å². The maximum Gasteiger partial charge on any atom is 0.312 e. The molecular formula is C5H16N2O2Si2. The Labute approximate surface area is 71.8 Å². The molecule has 0 rings (SSSR count). The lowest BCUT2D eigenvalue weighted by Gasteiger charge is -2.01. The van der Waals surface area contributed by atoms with Crippen LogP contribution in [0.3, 0.4) is 0 Å². The molecule has 66 valence electrons. The Morgan fingerprint density at radius 3 is 3.00 bits per heavy atom. The van der Waals surface area contributed by atoms with Gasteiger partial charge in [-0.05, 0) is 12.5 Å². The van der Waals surface area contributed by atoms with E-state index in [1.807, 2.05) is 0 Å². The summed E-state index contributed by atoms with van der Waals surface area (Å²) in [4.78, 5) is 10.2. The van der Waals surface area contributed by atoms with Crippen molar-refractivity contribution in [3.63, 3.8) is 0 Å². The third kappa shape index (κ3) is 9.66. The van der Waals surface area contributed by atoms with Crippen LogP contribution in [0.5, 0.6) is 0 Å². The van der Waals surface area contributed by atoms with Gasteiger partial charge in [-0.3, -0.25) is 0 Å². The summed E-state index contributed by atoms with van der Waals surface area (Å²) in [6, 6.07) is 0.707. The Hall–Kier alpha value is -0.336. The fourth-order valence-corrected chi connectivity index (χ4v) is 3.11. The van der Waals surface area contributed by atoms with Gasteiger partial charge in [-0.2, -0.15) is 0 Å². The molecule has 0 aliphatic carbocycles. The second-order valence-corrected chi connectivity index (χ2v) is 5.52. The number of hydrogen-bond donors (Lipinski definition) is 2. The maximum absolute atomic E-state index is 10.2. The topological polar surface area (TPSA) is 64.3 Å². The highest BCUT2D eigenvalue weighted by Crippen LogP contribution is 1.86. The fraction of sp³-hybridized carbons (Fsp3) is 0.800. The maximum atomic E-state index is 10.2. The molecule has 0 radical (unpaired) electrons. The quantitative estimate of drug-likeness (QED) is 0.406. The molecule has 2 amide bonds. The van der Waals surface area contributed by atoms with Crippen LogP contribution in [-0.2, 0) is 4.12 Å². The molecule has 0 bridgehead atoms. The van der Waals surface area contributed by atoms with E-state index in [2.05, 4.69) is 11.9 Å². The predicted molar refractivity (Wildman–Crippen MR) is 51.0 cm³/mol. The van der Waals surface area contributed by atoms with Crippen LogP contribution in [0.4, 0.5) is 4.79 Å². The summed E-state index contributed by atoms with van der Waals surface area (Å²) < 4.78 is 5.37. The molecule has 0 spiro atoms. The molecule has 0 aromatic heterocycles. The lowest BCUT2D eigenvalue weighted by atomic mass is 10.5. The Balaban J connectivity index is 2.85. The number of amides is 2. The number of nitrogens with two attached hydrogens (primary N) is 1. The van der Waals surface area contributed by atoms with Crippen LogP contribution in [0.25, 0.3) is 0 Å². The summed E-state index contributed by atoms with van der Waals surface area (Å²) in [6.45, 7) is 2.83. The third-order valence-corrected chi connectivity index (χ3v) is 4.80. The standard InChI is InChI=1S/C5H16N2O2Si2/c1-10-9-11-4-2-3-7-5(6)8/h2-4,10-11H2,1H3,(H3,6,7,8). The molecule has 0 saturated carbocycles. The number of carbonyl (C=O) groups is 1. The van der Waals surface area contributed by atoms with Crippen molar-refractivity contribution in [2.75, 3.05) is 6.54 Å². The summed E-state index contributed by atoms with van der Waals surface area (Å²) in [7, 11) is -0.450. The Morgan fingerprint density at radius 2 is 2.45 bits per heavy atom. The minimum atomic E-state index is -0.433. The van der Waals surface area contributed by atoms with Crippen LogP contribution < -0.4 is 11.1 Å². The molecule has 0 saturated heterocycles. The van der Waals surface area contributed by atoms with E-state index in [4.69, 9.17) is 9.85 Å². The van der Waals surface area contributed by atoms with E-state index in [0.717, 1.165) is 12.5 Å². The van der Waals surface area contributed by atoms with Crippen molar-refractivity contribution in [1.82, 2.24) is 5.32 Å². The highest BCUT2D eigenvalue weighted by atomic mass is 28.3. The van der Waals surface area contributed by atoms with E-state index in [1.54, 1.807) is 0 Å². The fourth-order valence-electron chi connectivity index (χ4n) is 0.685. The van der Waals surface area contributed by atoms with Crippen molar-refractivity contribution in [2.24, 2.45) is 5.73 Å². The van der Waals surface area contributed by atoms with Crippen molar-refractivity contribution in [1.29, 1.82) is 0 Å². The summed E-state index contributed by atoms with van der Waals surface area (Å²) in [5, 5.41) is 2.54. The Bertz CT molecular complexity index is 113. The zero-order valence-electron chi connectivity index (χ0n) is 6.93. The van der Waals surface area contributed by atoms with Crippen LogP contribution in [0.2, 0.25) is 12.6 Å². The van der Waals surface area contributed by atoms with Crippen LogP contribution in [-0.4, -0.2) is 32.1 Å². The molecule has 0 fully saturated rings. The van der Waals surface area contributed by atoms with Gasteiger partial charge in [0.05, 0.1) is 0 Å². The number of carbonyl (C=O) groups excluding carboxylic acids is 1. The minimum absolute atomic E-state index is 0.186. The summed E-state index contributed by atoms with van der Waals surface area (Å²) in [5.74, 6) is 0. The van der Waals surface area contributed by atoms with Crippen molar-refractivity contribution in [2.45, 2.75) is 19.0 Å². The molecule has 0 heterocycles. The van der Waals surface area contributed by atoms with Crippen molar-refractivity contribution < 1.29 is 8.91 Å². The van der Waals surface area contributed by atoms with Gasteiger partial charge < -0.3 is 15.2 Å². The lowest BCUT2D eigenvalue weighted by molar-refractivity contribution is 0.249. The van der Waals surface area contributed by atoms with Crippen molar-refractivity contribution in [3.05, 3.63) is 0 Å². The van der Waals surface area contributed by atoms with Gasteiger partial charge in [0, 0.05) is 6.54 Å². The van der Waals surface area contributed by atoms with Gasteiger partial charge in [0.1, 0.15) is 19.5 Å². The highest BCUT2D eigenvalue weighted by molar-refractivity contribution is 6.41. The number of rotatable bonds is 6. The summed E-state index contributed by atoms with van der Waals surface area (Å²) >= 11 is 0. The number of primary amides is 1. The summed E-state index contributed by atoms with van der Waals surface area (Å²) in [5.41, 5.74) is 4.87. The Morgan fingerprint density at radius 1 is 1.73 bits per heavy atom. The zero-order chi connectivity index (χ0) is 8.53. The van der Waals surface area contributed by atoms with Gasteiger partial charge in [-0.1, -0.05) is 6.55 Å². The van der Waals surface area contributed by atoms with E-state index < -0.39 is 6.03 Å². The van der Waals surface area contributed by atoms with Gasteiger partial charge in [-0.15, -0.1) is 0 Å². The van der Waals surface area contributed by atoms with E-state index in [9.17, 15) is 4.79 Å². The number of hydrogen-bond acceptors (Lipinski definition) is 2. The zero-order valence-corrected chi connectivity index (χ0v) is 9.76. The predicted octanol–water partition coefficient (Wildman–Crippen LogP) is -1.30. The summed E-state index contributed by atoms with van der Waals surface area (Å²) in [6.07, 6.45) is 1.00. The minimum Gasteiger partial charge on any atom is -0.465 e. The van der Waals surface area contributed by atoms with E-state index >= 15 is 0 Å². The van der Waals surface area contributed by atoms with Crippen LogP contribution >= 0.6 is 0 Å². The van der Waals surface area contributed by atoms with Gasteiger partial charge in [0.2, 0.25) is 0 Å². The van der Waals surface area contributed by atoms with E-state index in [0.29, 0.717) is 6.54 Å². The van der Waals surface area contributed by atoms with Crippen LogP contribution in [0.1, 0.15) is 6.42 Å². The molecular weight excluding hydrogens is 176 g/mol. The van der Waals surface area contributed by atoms with Gasteiger partial charge in [0.25, 0.3) is 0 Å². The average Bonchev–Trinajstić information content (AvgIpc) is 1.96. The first-order valence-corrected chi connectivity index (χ1v) is 7.45. The monoisotopic (exact) mass is 192 g/mol. The van der Waals surface area contributed by atoms with Crippen LogP contribution in [0, 0.1) is 0 Å². The highest BCUT2D eigenvalue weighted by Gasteiger charge is 1.91. The number of urea groups is 1. The lowest BCUT2D eigenvalue weighted by Crippen LogP contribution is -2.30. The Kier molecular flexibility index (Phi) is 7.53. The second kappa shape index (κ2) is 7.77. The molecule has 6 heteroatoms. The van der Waals surface area contributed by atoms with E-state index in [-0.39, 0.29) is 19.5 Å². The average molecular weight is 192 g/mol. The largest absolute Gasteiger partial charge is 0.465 e. The van der Waals surface area contributed by atoms with Crippen LogP contribution in [0.15, 0.2) is 0 Å². The normalized spacial score (nSPS) is 11.7. The molecule has 0 aromatic rings. The molecule has 0 aromatic carbocycles. The smallest absolute Gasteiger partial charge is 0.312 e. The molecule has 4 nitrogen and oxygen atoms in total. The second-order valence-electron chi connectivity index (χ2n) is 2.20. The molecule has 0 atom stereocenters. The molecule has 3 N–H and O–H groups in total.